The summed E-state index contributed by atoms with van der Waals surface area (Å²) in [5.74, 6) is -0.170. The molecule has 1 aliphatic heterocycles. The van der Waals surface area contributed by atoms with Crippen LogP contribution in [0.15, 0.2) is 18.2 Å². The summed E-state index contributed by atoms with van der Waals surface area (Å²) in [5.41, 5.74) is 0.282. The molecule has 0 radical (unpaired) electrons. The fraction of sp³-hybridized carbons (Fsp3) is 0.600. The topological polar surface area (TPSA) is 61.9 Å². The number of ether oxygens (including phenoxy) is 1. The van der Waals surface area contributed by atoms with Crippen LogP contribution in [0.5, 0.6) is 0 Å². The van der Waals surface area contributed by atoms with E-state index >= 15 is 0 Å². The smallest absolute Gasteiger partial charge is 0.408 e. The molecule has 1 saturated heterocycles. The van der Waals surface area contributed by atoms with Gasteiger partial charge in [0, 0.05) is 19.6 Å². The molecule has 0 bridgehead atoms. The molecule has 1 aromatic carbocycles. The quantitative estimate of drug-likeness (QED) is 0.712. The third-order valence-corrected chi connectivity index (χ3v) is 5.12. The van der Waals surface area contributed by atoms with Gasteiger partial charge >= 0.3 is 6.09 Å². The van der Waals surface area contributed by atoms with Crippen molar-refractivity contribution in [1.82, 2.24) is 15.1 Å². The molecule has 1 aliphatic rings. The van der Waals surface area contributed by atoms with E-state index in [1.807, 2.05) is 6.07 Å². The summed E-state index contributed by atoms with van der Waals surface area (Å²) in [5, 5.41) is 3.48. The van der Waals surface area contributed by atoms with Crippen molar-refractivity contribution < 1.29 is 14.3 Å². The first-order valence-electron chi connectivity index (χ1n) is 9.55. The summed E-state index contributed by atoms with van der Waals surface area (Å²) in [6, 6.07) is 5.34. The van der Waals surface area contributed by atoms with Crippen LogP contribution in [-0.2, 0) is 16.1 Å². The standard InChI is InChI=1S/C20H29Cl2N3O3/c1-20(2,3)28-19(27)23-13-18(26)25(11-10-24-8-4-5-9-24)14-15-6-7-16(21)17(22)12-15/h6-7,12H,4-5,8-11,13-14H2,1-3H3,(H,23,27). The van der Waals surface area contributed by atoms with Gasteiger partial charge in [-0.15, -0.1) is 0 Å². The molecule has 0 unspecified atom stereocenters. The minimum absolute atomic E-state index is 0.115. The summed E-state index contributed by atoms with van der Waals surface area (Å²) in [6.45, 7) is 9.13. The monoisotopic (exact) mass is 429 g/mol. The number of hydrogen-bond acceptors (Lipinski definition) is 4. The lowest BCUT2D eigenvalue weighted by atomic mass is 10.2. The number of halogens is 2. The van der Waals surface area contributed by atoms with Crippen molar-refractivity contribution in [2.45, 2.75) is 45.8 Å². The summed E-state index contributed by atoms with van der Waals surface area (Å²) in [7, 11) is 0. The molecular formula is C20H29Cl2N3O3. The van der Waals surface area contributed by atoms with Crippen LogP contribution in [0.4, 0.5) is 4.79 Å². The van der Waals surface area contributed by atoms with Gasteiger partial charge in [0.15, 0.2) is 0 Å². The van der Waals surface area contributed by atoms with E-state index in [9.17, 15) is 9.59 Å². The second-order valence-corrected chi connectivity index (χ2v) is 8.78. The van der Waals surface area contributed by atoms with Crippen molar-refractivity contribution >= 4 is 35.2 Å². The van der Waals surface area contributed by atoms with Gasteiger partial charge in [-0.05, 0) is 64.4 Å². The number of hydrogen-bond donors (Lipinski definition) is 1. The van der Waals surface area contributed by atoms with Crippen LogP contribution < -0.4 is 5.32 Å². The molecule has 2 rings (SSSR count). The van der Waals surface area contributed by atoms with Crippen molar-refractivity contribution in [1.29, 1.82) is 0 Å². The molecule has 156 valence electrons. The van der Waals surface area contributed by atoms with Crippen LogP contribution in [0.25, 0.3) is 0 Å². The lowest BCUT2D eigenvalue weighted by Gasteiger charge is -2.26. The summed E-state index contributed by atoms with van der Waals surface area (Å²) in [6.07, 6.45) is 1.79. The van der Waals surface area contributed by atoms with Crippen molar-refractivity contribution in [3.05, 3.63) is 33.8 Å². The molecule has 1 fully saturated rings. The van der Waals surface area contributed by atoms with Gasteiger partial charge in [0.2, 0.25) is 5.91 Å². The lowest BCUT2D eigenvalue weighted by molar-refractivity contribution is -0.131. The Morgan fingerprint density at radius 3 is 2.46 bits per heavy atom. The van der Waals surface area contributed by atoms with E-state index in [1.165, 1.54) is 12.8 Å². The maximum absolute atomic E-state index is 12.8. The van der Waals surface area contributed by atoms with E-state index < -0.39 is 11.7 Å². The molecule has 0 saturated carbocycles. The average Bonchev–Trinajstić information content (AvgIpc) is 3.11. The van der Waals surface area contributed by atoms with Gasteiger partial charge in [-0.1, -0.05) is 29.3 Å². The zero-order valence-corrected chi connectivity index (χ0v) is 18.3. The van der Waals surface area contributed by atoms with Crippen LogP contribution in [0.1, 0.15) is 39.2 Å². The van der Waals surface area contributed by atoms with E-state index in [-0.39, 0.29) is 12.5 Å². The highest BCUT2D eigenvalue weighted by molar-refractivity contribution is 6.42. The first-order chi connectivity index (χ1) is 13.1. The van der Waals surface area contributed by atoms with E-state index in [4.69, 9.17) is 27.9 Å². The molecule has 28 heavy (non-hydrogen) atoms. The Morgan fingerprint density at radius 1 is 1.18 bits per heavy atom. The summed E-state index contributed by atoms with van der Waals surface area (Å²) < 4.78 is 5.20. The van der Waals surface area contributed by atoms with Crippen molar-refractivity contribution in [3.63, 3.8) is 0 Å². The normalized spacial score (nSPS) is 14.8. The summed E-state index contributed by atoms with van der Waals surface area (Å²) in [4.78, 5) is 28.7. The minimum Gasteiger partial charge on any atom is -0.444 e. The molecule has 0 spiro atoms. The van der Waals surface area contributed by atoms with E-state index in [2.05, 4.69) is 10.2 Å². The third-order valence-electron chi connectivity index (χ3n) is 4.38. The van der Waals surface area contributed by atoms with Crippen molar-refractivity contribution in [2.75, 3.05) is 32.7 Å². The molecule has 0 atom stereocenters. The molecule has 1 N–H and O–H groups in total. The second-order valence-electron chi connectivity index (χ2n) is 7.97. The van der Waals surface area contributed by atoms with Crippen LogP contribution >= 0.6 is 23.2 Å². The van der Waals surface area contributed by atoms with Gasteiger partial charge in [0.25, 0.3) is 0 Å². The largest absolute Gasteiger partial charge is 0.444 e. The van der Waals surface area contributed by atoms with Gasteiger partial charge in [-0.3, -0.25) is 4.79 Å². The first kappa shape index (κ1) is 22.8. The Labute approximate surface area is 177 Å². The number of nitrogens with zero attached hydrogens (tertiary/aromatic N) is 2. The number of nitrogens with one attached hydrogen (secondary N) is 1. The number of amides is 2. The van der Waals surface area contributed by atoms with E-state index in [0.29, 0.717) is 23.1 Å². The molecule has 2 amide bonds. The van der Waals surface area contributed by atoms with Gasteiger partial charge in [0.05, 0.1) is 10.0 Å². The highest BCUT2D eigenvalue weighted by Crippen LogP contribution is 2.23. The Balaban J connectivity index is 1.98. The molecule has 0 aromatic heterocycles. The lowest BCUT2D eigenvalue weighted by Crippen LogP contribution is -2.44. The van der Waals surface area contributed by atoms with Gasteiger partial charge < -0.3 is 19.9 Å². The third kappa shape index (κ3) is 7.86. The van der Waals surface area contributed by atoms with Crippen LogP contribution in [0.3, 0.4) is 0 Å². The van der Waals surface area contributed by atoms with Crippen LogP contribution in [0, 0.1) is 0 Å². The summed E-state index contributed by atoms with van der Waals surface area (Å²) >= 11 is 12.1. The zero-order valence-electron chi connectivity index (χ0n) is 16.8. The second kappa shape index (κ2) is 10.3. The van der Waals surface area contributed by atoms with Crippen LogP contribution in [0.2, 0.25) is 10.0 Å². The molecule has 1 aromatic rings. The van der Waals surface area contributed by atoms with E-state index in [1.54, 1.807) is 37.8 Å². The molecular weight excluding hydrogens is 401 g/mol. The molecule has 8 heteroatoms. The van der Waals surface area contributed by atoms with Gasteiger partial charge in [-0.25, -0.2) is 4.79 Å². The Morgan fingerprint density at radius 2 is 1.86 bits per heavy atom. The number of rotatable bonds is 7. The predicted octanol–water partition coefficient (Wildman–Crippen LogP) is 3.94. The van der Waals surface area contributed by atoms with Gasteiger partial charge in [0.1, 0.15) is 12.1 Å². The minimum atomic E-state index is -0.609. The highest BCUT2D eigenvalue weighted by atomic mass is 35.5. The Hall–Kier alpha value is -1.50. The Kier molecular flexibility index (Phi) is 8.40. The fourth-order valence-corrected chi connectivity index (χ4v) is 3.31. The number of alkyl carbamates (subject to hydrolysis) is 1. The molecule has 6 nitrogen and oxygen atoms in total. The fourth-order valence-electron chi connectivity index (χ4n) is 2.99. The maximum atomic E-state index is 12.8. The molecule has 0 aliphatic carbocycles. The predicted molar refractivity (Wildman–Crippen MR) is 112 cm³/mol. The van der Waals surface area contributed by atoms with E-state index in [0.717, 1.165) is 25.2 Å². The number of likely N-dealkylation sites (tertiary alicyclic amines) is 1. The van der Waals surface area contributed by atoms with Crippen molar-refractivity contribution in [2.24, 2.45) is 0 Å². The Bertz CT molecular complexity index is 686. The average molecular weight is 430 g/mol. The first-order valence-corrected chi connectivity index (χ1v) is 10.3. The maximum Gasteiger partial charge on any atom is 0.408 e. The highest BCUT2D eigenvalue weighted by Gasteiger charge is 2.20. The van der Waals surface area contributed by atoms with Crippen molar-refractivity contribution in [3.8, 4) is 0 Å². The van der Waals surface area contributed by atoms with Crippen LogP contribution in [-0.4, -0.2) is 60.1 Å². The number of carbonyl (C=O) groups excluding carboxylic acids is 2. The molecule has 1 heterocycles. The zero-order chi connectivity index (χ0) is 20.7. The van der Waals surface area contributed by atoms with Gasteiger partial charge in [-0.2, -0.15) is 0 Å². The SMILES string of the molecule is CC(C)(C)OC(=O)NCC(=O)N(CCN1CCCC1)Cc1ccc(Cl)c(Cl)c1. The number of benzene rings is 1. The number of carbonyl (C=O) groups is 2.